The lowest BCUT2D eigenvalue weighted by Crippen LogP contribution is -1.96. The summed E-state index contributed by atoms with van der Waals surface area (Å²) < 4.78 is 26.5. The highest BCUT2D eigenvalue weighted by Crippen LogP contribution is 2.28. The molecular formula is C13H9F2NO2. The van der Waals surface area contributed by atoms with E-state index in [0.717, 1.165) is 17.7 Å². The van der Waals surface area contributed by atoms with Gasteiger partial charge in [-0.3, -0.25) is 10.1 Å². The molecule has 0 aliphatic rings. The van der Waals surface area contributed by atoms with Crippen LogP contribution in [0.1, 0.15) is 5.56 Å². The van der Waals surface area contributed by atoms with Crippen LogP contribution in [0.2, 0.25) is 0 Å². The minimum Gasteiger partial charge on any atom is -0.258 e. The third-order valence-corrected chi connectivity index (χ3v) is 2.56. The molecule has 0 bridgehead atoms. The molecule has 0 aromatic heterocycles. The molecule has 2 aromatic rings. The smallest absolute Gasteiger partial charge is 0.258 e. The van der Waals surface area contributed by atoms with Crippen molar-refractivity contribution in [2.75, 3.05) is 0 Å². The van der Waals surface area contributed by atoms with Gasteiger partial charge < -0.3 is 0 Å². The maximum atomic E-state index is 13.3. The van der Waals surface area contributed by atoms with Gasteiger partial charge in [-0.2, -0.15) is 4.39 Å². The summed E-state index contributed by atoms with van der Waals surface area (Å²) >= 11 is 0. The van der Waals surface area contributed by atoms with Gasteiger partial charge in [0.2, 0.25) is 5.82 Å². The van der Waals surface area contributed by atoms with Gasteiger partial charge in [0.25, 0.3) is 0 Å². The van der Waals surface area contributed by atoms with E-state index in [2.05, 4.69) is 0 Å². The van der Waals surface area contributed by atoms with Crippen LogP contribution in [0.4, 0.5) is 14.5 Å². The quantitative estimate of drug-likeness (QED) is 0.599. The molecule has 2 aromatic carbocycles. The standard InChI is InChI=1S/C13H9F2NO2/c1-8-3-2-4-9(5-8)10-6-11(14)13(15)12(7-10)16(17)18/h2-7H,1H3. The Morgan fingerprint density at radius 3 is 2.44 bits per heavy atom. The molecule has 18 heavy (non-hydrogen) atoms. The fraction of sp³-hybridized carbons (Fsp3) is 0.0769. The fourth-order valence-corrected chi connectivity index (χ4v) is 1.70. The van der Waals surface area contributed by atoms with E-state index in [1.54, 1.807) is 18.2 Å². The molecule has 0 heterocycles. The Kier molecular flexibility index (Phi) is 3.06. The zero-order valence-corrected chi connectivity index (χ0v) is 9.48. The SMILES string of the molecule is Cc1cccc(-c2cc(F)c(F)c([N+](=O)[O-])c2)c1. The molecule has 2 rings (SSSR count). The molecule has 3 nitrogen and oxygen atoms in total. The van der Waals surface area contributed by atoms with E-state index in [1.807, 2.05) is 13.0 Å². The number of nitrogens with zero attached hydrogens (tertiary/aromatic N) is 1. The number of halogens is 2. The maximum absolute atomic E-state index is 13.3. The summed E-state index contributed by atoms with van der Waals surface area (Å²) in [4.78, 5) is 9.69. The summed E-state index contributed by atoms with van der Waals surface area (Å²) in [6, 6.07) is 9.01. The highest BCUT2D eigenvalue weighted by atomic mass is 19.2. The van der Waals surface area contributed by atoms with Gasteiger partial charge in [-0.15, -0.1) is 0 Å². The van der Waals surface area contributed by atoms with Gasteiger partial charge in [0, 0.05) is 6.07 Å². The summed E-state index contributed by atoms with van der Waals surface area (Å²) in [5, 5.41) is 10.6. The molecule has 0 fully saturated rings. The van der Waals surface area contributed by atoms with Crippen molar-refractivity contribution in [3.05, 3.63) is 63.7 Å². The van der Waals surface area contributed by atoms with E-state index < -0.39 is 22.2 Å². The number of aryl methyl sites for hydroxylation is 1. The van der Waals surface area contributed by atoms with E-state index in [1.165, 1.54) is 0 Å². The van der Waals surface area contributed by atoms with Crippen molar-refractivity contribution in [2.45, 2.75) is 6.92 Å². The lowest BCUT2D eigenvalue weighted by atomic mass is 10.0. The molecule has 0 spiro atoms. The van der Waals surface area contributed by atoms with Crippen LogP contribution in [0.15, 0.2) is 36.4 Å². The molecular weight excluding hydrogens is 240 g/mol. The van der Waals surface area contributed by atoms with E-state index in [4.69, 9.17) is 0 Å². The van der Waals surface area contributed by atoms with Crippen molar-refractivity contribution in [1.82, 2.24) is 0 Å². The van der Waals surface area contributed by atoms with Crippen LogP contribution in [0.3, 0.4) is 0 Å². The summed E-state index contributed by atoms with van der Waals surface area (Å²) in [6.07, 6.45) is 0. The van der Waals surface area contributed by atoms with E-state index in [0.29, 0.717) is 5.56 Å². The minimum absolute atomic E-state index is 0.282. The third-order valence-electron chi connectivity index (χ3n) is 2.56. The zero-order chi connectivity index (χ0) is 13.3. The van der Waals surface area contributed by atoms with Gasteiger partial charge >= 0.3 is 5.69 Å². The van der Waals surface area contributed by atoms with Crippen LogP contribution in [-0.4, -0.2) is 4.92 Å². The number of hydrogen-bond acceptors (Lipinski definition) is 2. The van der Waals surface area contributed by atoms with Crippen LogP contribution in [0.25, 0.3) is 11.1 Å². The Morgan fingerprint density at radius 2 is 1.83 bits per heavy atom. The highest BCUT2D eigenvalue weighted by Gasteiger charge is 2.20. The Bertz CT molecular complexity index is 626. The van der Waals surface area contributed by atoms with Crippen molar-refractivity contribution >= 4 is 5.69 Å². The minimum atomic E-state index is -1.43. The number of nitro benzene ring substituents is 1. The summed E-state index contributed by atoms with van der Waals surface area (Å²) in [7, 11) is 0. The third kappa shape index (κ3) is 2.20. The van der Waals surface area contributed by atoms with E-state index in [9.17, 15) is 18.9 Å². The Balaban J connectivity index is 2.63. The van der Waals surface area contributed by atoms with Gasteiger partial charge in [0.1, 0.15) is 0 Å². The molecule has 92 valence electrons. The van der Waals surface area contributed by atoms with Gasteiger partial charge in [-0.1, -0.05) is 29.8 Å². The predicted molar refractivity (Wildman–Crippen MR) is 63.2 cm³/mol. The van der Waals surface area contributed by atoms with Crippen LogP contribution >= 0.6 is 0 Å². The first-order valence-electron chi connectivity index (χ1n) is 5.19. The summed E-state index contributed by atoms with van der Waals surface area (Å²) in [5.74, 6) is -2.66. The van der Waals surface area contributed by atoms with Gasteiger partial charge in [-0.25, -0.2) is 4.39 Å². The average molecular weight is 249 g/mol. The zero-order valence-electron chi connectivity index (χ0n) is 9.48. The molecule has 0 amide bonds. The van der Waals surface area contributed by atoms with Crippen LogP contribution in [0.5, 0.6) is 0 Å². The summed E-state index contributed by atoms with van der Waals surface area (Å²) in [5.41, 5.74) is 0.965. The maximum Gasteiger partial charge on any atom is 0.308 e. The largest absolute Gasteiger partial charge is 0.308 e. The Labute approximate surface area is 102 Å². The first kappa shape index (κ1) is 12.2. The van der Waals surface area contributed by atoms with Gasteiger partial charge in [-0.05, 0) is 24.1 Å². The number of nitro groups is 1. The Morgan fingerprint density at radius 1 is 1.11 bits per heavy atom. The van der Waals surface area contributed by atoms with Crippen molar-refractivity contribution in [1.29, 1.82) is 0 Å². The molecule has 0 aliphatic heterocycles. The monoisotopic (exact) mass is 249 g/mol. The molecule has 0 atom stereocenters. The molecule has 0 unspecified atom stereocenters. The van der Waals surface area contributed by atoms with E-state index in [-0.39, 0.29) is 5.56 Å². The highest BCUT2D eigenvalue weighted by molar-refractivity contribution is 5.67. The molecule has 0 radical (unpaired) electrons. The second kappa shape index (κ2) is 4.52. The van der Waals surface area contributed by atoms with E-state index >= 15 is 0 Å². The van der Waals surface area contributed by atoms with Gasteiger partial charge in [0.15, 0.2) is 5.82 Å². The number of benzene rings is 2. The van der Waals surface area contributed by atoms with Crippen molar-refractivity contribution < 1.29 is 13.7 Å². The number of rotatable bonds is 2. The second-order valence-electron chi connectivity index (χ2n) is 3.92. The first-order chi connectivity index (χ1) is 8.49. The first-order valence-corrected chi connectivity index (χ1v) is 5.19. The molecule has 5 heteroatoms. The van der Waals surface area contributed by atoms with Crippen molar-refractivity contribution in [3.8, 4) is 11.1 Å². The average Bonchev–Trinajstić information content (AvgIpc) is 2.32. The lowest BCUT2D eigenvalue weighted by molar-refractivity contribution is -0.387. The van der Waals surface area contributed by atoms with Crippen LogP contribution < -0.4 is 0 Å². The molecule has 0 saturated carbocycles. The molecule has 0 N–H and O–H groups in total. The fourth-order valence-electron chi connectivity index (χ4n) is 1.70. The second-order valence-corrected chi connectivity index (χ2v) is 3.92. The van der Waals surface area contributed by atoms with Gasteiger partial charge in [0.05, 0.1) is 4.92 Å². The summed E-state index contributed by atoms with van der Waals surface area (Å²) in [6.45, 7) is 1.85. The number of hydrogen-bond donors (Lipinski definition) is 0. The lowest BCUT2D eigenvalue weighted by Gasteiger charge is -2.04. The predicted octanol–water partition coefficient (Wildman–Crippen LogP) is 3.85. The Hall–Kier alpha value is -2.30. The van der Waals surface area contributed by atoms with Crippen LogP contribution in [0, 0.1) is 28.7 Å². The van der Waals surface area contributed by atoms with Crippen molar-refractivity contribution in [2.24, 2.45) is 0 Å². The topological polar surface area (TPSA) is 43.1 Å². The van der Waals surface area contributed by atoms with Crippen molar-refractivity contribution in [3.63, 3.8) is 0 Å². The normalized spacial score (nSPS) is 10.4. The molecule has 0 aliphatic carbocycles. The molecule has 0 saturated heterocycles. The van der Waals surface area contributed by atoms with Crippen LogP contribution in [-0.2, 0) is 0 Å².